The molecule has 3 rings (SSSR count). The molecule has 7 heteroatoms. The topological polar surface area (TPSA) is 67.9 Å². The van der Waals surface area contributed by atoms with Gasteiger partial charge in [0.05, 0.1) is 18.0 Å². The number of morpholine rings is 1. The highest BCUT2D eigenvalue weighted by molar-refractivity contribution is 7.21. The lowest BCUT2D eigenvalue weighted by Gasteiger charge is -2.37. The highest BCUT2D eigenvalue weighted by atomic mass is 32.1. The second-order valence-electron chi connectivity index (χ2n) is 7.79. The van der Waals surface area contributed by atoms with Crippen molar-refractivity contribution in [1.29, 1.82) is 0 Å². The molecule has 0 aliphatic carbocycles. The Morgan fingerprint density at radius 3 is 2.71 bits per heavy atom. The van der Waals surface area contributed by atoms with Crippen molar-refractivity contribution in [1.82, 2.24) is 10.2 Å². The van der Waals surface area contributed by atoms with Crippen molar-refractivity contribution in [2.24, 2.45) is 0 Å². The fraction of sp³-hybridized carbons (Fsp3) is 0.524. The van der Waals surface area contributed by atoms with Crippen LogP contribution in [0.5, 0.6) is 0 Å². The summed E-state index contributed by atoms with van der Waals surface area (Å²) in [4.78, 5) is 28.1. The van der Waals surface area contributed by atoms with Gasteiger partial charge in [-0.2, -0.15) is 0 Å². The Morgan fingerprint density at radius 1 is 1.32 bits per heavy atom. The monoisotopic (exact) mass is 404 g/mol. The van der Waals surface area contributed by atoms with Gasteiger partial charge in [0.25, 0.3) is 11.8 Å². The summed E-state index contributed by atoms with van der Waals surface area (Å²) in [6, 6.07) is 7.98. The second kappa shape index (κ2) is 8.19. The molecule has 0 unspecified atom stereocenters. The molecule has 1 aliphatic rings. The van der Waals surface area contributed by atoms with Crippen LogP contribution in [0.3, 0.4) is 0 Å². The summed E-state index contributed by atoms with van der Waals surface area (Å²) in [6.07, 6.45) is -0.352. The minimum atomic E-state index is -0.892. The van der Waals surface area contributed by atoms with Gasteiger partial charge in [0.15, 0.2) is 0 Å². The molecule has 1 saturated heterocycles. The maximum absolute atomic E-state index is 12.9. The number of carbonyl (C=O) groups is 2. The first-order valence-electron chi connectivity index (χ1n) is 9.53. The van der Waals surface area contributed by atoms with Crippen LogP contribution < -0.4 is 5.32 Å². The number of hydrogen-bond donors (Lipinski definition) is 1. The van der Waals surface area contributed by atoms with Gasteiger partial charge in [0, 0.05) is 30.0 Å². The van der Waals surface area contributed by atoms with E-state index in [4.69, 9.17) is 9.47 Å². The number of hydrogen-bond acceptors (Lipinski definition) is 5. The third kappa shape index (κ3) is 4.06. The van der Waals surface area contributed by atoms with Crippen molar-refractivity contribution in [3.63, 3.8) is 0 Å². The van der Waals surface area contributed by atoms with E-state index in [9.17, 15) is 9.59 Å². The zero-order valence-corrected chi connectivity index (χ0v) is 17.9. The SMILES string of the molecule is COC(C)(C)C(=O)N1CCO[C@H](c2c(C(=O)NC(C)C)sc3ccccc23)C1. The summed E-state index contributed by atoms with van der Waals surface area (Å²) in [5, 5.41) is 3.99. The van der Waals surface area contributed by atoms with Crippen LogP contribution in [0.2, 0.25) is 0 Å². The predicted octanol–water partition coefficient (Wildman–Crippen LogP) is 3.36. The number of thiophene rings is 1. The highest BCUT2D eigenvalue weighted by Crippen LogP contribution is 2.38. The van der Waals surface area contributed by atoms with Gasteiger partial charge in [0.1, 0.15) is 11.7 Å². The lowest BCUT2D eigenvalue weighted by molar-refractivity contribution is -0.158. The van der Waals surface area contributed by atoms with Crippen molar-refractivity contribution in [2.75, 3.05) is 26.8 Å². The molecule has 6 nitrogen and oxygen atoms in total. The second-order valence-corrected chi connectivity index (χ2v) is 8.85. The summed E-state index contributed by atoms with van der Waals surface area (Å²) in [5.74, 6) is -0.175. The quantitative estimate of drug-likeness (QED) is 0.830. The first-order valence-corrected chi connectivity index (χ1v) is 10.3. The average molecular weight is 405 g/mol. The maximum atomic E-state index is 12.9. The number of nitrogens with zero attached hydrogens (tertiary/aromatic N) is 1. The summed E-state index contributed by atoms with van der Waals surface area (Å²) >= 11 is 1.47. The number of carbonyl (C=O) groups excluding carboxylic acids is 2. The van der Waals surface area contributed by atoms with Crippen molar-refractivity contribution >= 4 is 33.2 Å². The van der Waals surface area contributed by atoms with Gasteiger partial charge >= 0.3 is 0 Å². The van der Waals surface area contributed by atoms with Crippen LogP contribution in [0.25, 0.3) is 10.1 Å². The first-order chi connectivity index (χ1) is 13.2. The lowest BCUT2D eigenvalue weighted by atomic mass is 10.0. The Bertz CT molecular complexity index is 874. The molecule has 0 radical (unpaired) electrons. The number of nitrogens with one attached hydrogen (secondary N) is 1. The maximum Gasteiger partial charge on any atom is 0.261 e. The van der Waals surface area contributed by atoms with Crippen LogP contribution in [-0.4, -0.2) is 55.2 Å². The molecule has 1 aromatic carbocycles. The van der Waals surface area contributed by atoms with Gasteiger partial charge in [0.2, 0.25) is 0 Å². The predicted molar refractivity (Wildman–Crippen MR) is 111 cm³/mol. The van der Waals surface area contributed by atoms with E-state index in [1.54, 1.807) is 18.7 Å². The van der Waals surface area contributed by atoms with Gasteiger partial charge in [-0.05, 0) is 39.1 Å². The Kier molecular flexibility index (Phi) is 6.07. The Hall–Kier alpha value is -1.96. The molecule has 0 spiro atoms. The Labute approximate surface area is 169 Å². The van der Waals surface area contributed by atoms with Crippen molar-refractivity contribution in [3.8, 4) is 0 Å². The number of fused-ring (bicyclic) bond motifs is 1. The zero-order chi connectivity index (χ0) is 20.5. The van der Waals surface area contributed by atoms with Gasteiger partial charge in [-0.25, -0.2) is 0 Å². The highest BCUT2D eigenvalue weighted by Gasteiger charge is 2.37. The molecule has 1 aliphatic heterocycles. The number of methoxy groups -OCH3 is 1. The van der Waals surface area contributed by atoms with Crippen molar-refractivity contribution < 1.29 is 19.1 Å². The van der Waals surface area contributed by atoms with Crippen LogP contribution >= 0.6 is 11.3 Å². The van der Waals surface area contributed by atoms with Crippen LogP contribution in [0.1, 0.15) is 49.0 Å². The van der Waals surface area contributed by atoms with Crippen LogP contribution in [0, 0.1) is 0 Å². The molecule has 1 aromatic heterocycles. The first kappa shape index (κ1) is 20.8. The Morgan fingerprint density at radius 2 is 2.04 bits per heavy atom. The molecule has 2 heterocycles. The van der Waals surface area contributed by atoms with Gasteiger partial charge in [-0.3, -0.25) is 9.59 Å². The van der Waals surface area contributed by atoms with Crippen LogP contribution in [0.4, 0.5) is 0 Å². The molecule has 1 atom stereocenters. The zero-order valence-electron chi connectivity index (χ0n) is 17.1. The number of ether oxygens (including phenoxy) is 2. The van der Waals surface area contributed by atoms with Crippen LogP contribution in [0.15, 0.2) is 24.3 Å². The van der Waals surface area contributed by atoms with Gasteiger partial charge in [-0.15, -0.1) is 11.3 Å². The molecule has 152 valence electrons. The third-order valence-corrected chi connectivity index (χ3v) is 6.15. The Balaban J connectivity index is 1.97. The van der Waals surface area contributed by atoms with Crippen molar-refractivity contribution in [3.05, 3.63) is 34.7 Å². The van der Waals surface area contributed by atoms with Gasteiger partial charge in [-0.1, -0.05) is 18.2 Å². The summed E-state index contributed by atoms with van der Waals surface area (Å²) in [7, 11) is 1.54. The molecule has 0 bridgehead atoms. The fourth-order valence-electron chi connectivity index (χ4n) is 3.36. The standard InChI is InChI=1S/C21H28N2O4S/c1-13(2)22-19(24)18-17(14-8-6-7-9-16(14)28-18)15-12-23(10-11-27-15)20(25)21(3,4)26-5/h6-9,13,15H,10-12H2,1-5H3,(H,22,24)/t15-/m0/s1. The van der Waals surface area contributed by atoms with Crippen LogP contribution in [-0.2, 0) is 14.3 Å². The normalized spacial score (nSPS) is 17.9. The third-order valence-electron chi connectivity index (χ3n) is 4.96. The molecule has 2 amide bonds. The molecule has 1 N–H and O–H groups in total. The summed E-state index contributed by atoms with van der Waals surface area (Å²) in [6.45, 7) is 8.74. The van der Waals surface area contributed by atoms with Crippen molar-refractivity contribution in [2.45, 2.75) is 45.4 Å². The molecule has 1 fully saturated rings. The van der Waals surface area contributed by atoms with E-state index in [-0.39, 0.29) is 24.0 Å². The number of rotatable bonds is 5. The minimum absolute atomic E-state index is 0.0402. The van der Waals surface area contributed by atoms with E-state index < -0.39 is 5.60 Å². The fourth-order valence-corrected chi connectivity index (χ4v) is 4.52. The molecule has 28 heavy (non-hydrogen) atoms. The van der Waals surface area contributed by atoms with E-state index in [0.717, 1.165) is 15.6 Å². The lowest BCUT2D eigenvalue weighted by Crippen LogP contribution is -2.51. The van der Waals surface area contributed by atoms with Gasteiger partial charge < -0.3 is 19.7 Å². The van der Waals surface area contributed by atoms with E-state index in [1.165, 1.54) is 18.4 Å². The summed E-state index contributed by atoms with van der Waals surface area (Å²) in [5.41, 5.74) is -0.0253. The number of amides is 2. The average Bonchev–Trinajstić information content (AvgIpc) is 3.06. The molecular formula is C21H28N2O4S. The molecule has 2 aromatic rings. The number of benzene rings is 1. The molecule has 0 saturated carbocycles. The largest absolute Gasteiger partial charge is 0.370 e. The smallest absolute Gasteiger partial charge is 0.261 e. The van der Waals surface area contributed by atoms with E-state index in [0.29, 0.717) is 24.6 Å². The van der Waals surface area contributed by atoms with E-state index >= 15 is 0 Å². The molecular weight excluding hydrogens is 376 g/mol. The van der Waals surface area contributed by atoms with E-state index in [1.807, 2.05) is 38.1 Å². The minimum Gasteiger partial charge on any atom is -0.370 e. The van der Waals surface area contributed by atoms with E-state index in [2.05, 4.69) is 5.32 Å². The summed E-state index contributed by atoms with van der Waals surface area (Å²) < 4.78 is 12.4.